The lowest BCUT2D eigenvalue weighted by atomic mass is 10.1. The van der Waals surface area contributed by atoms with E-state index >= 15 is 0 Å². The van der Waals surface area contributed by atoms with Crippen LogP contribution in [0.4, 0.5) is 0 Å². The van der Waals surface area contributed by atoms with Crippen LogP contribution in [0.15, 0.2) is 0 Å². The molecule has 0 spiro atoms. The van der Waals surface area contributed by atoms with E-state index in [0.29, 0.717) is 0 Å². The van der Waals surface area contributed by atoms with Gasteiger partial charge in [0.05, 0.1) is 0 Å². The third-order valence-corrected chi connectivity index (χ3v) is 2.04. The Hall–Kier alpha value is -0.370. The van der Waals surface area contributed by atoms with Gasteiger partial charge in [-0.2, -0.15) is 0 Å². The van der Waals surface area contributed by atoms with Crippen molar-refractivity contribution in [3.63, 3.8) is 0 Å². The molecule has 0 unspecified atom stereocenters. The monoisotopic (exact) mass is 140 g/mol. The van der Waals surface area contributed by atoms with E-state index < -0.39 is 0 Å². The van der Waals surface area contributed by atoms with Crippen molar-refractivity contribution in [1.29, 1.82) is 5.41 Å². The van der Waals surface area contributed by atoms with E-state index in [9.17, 15) is 0 Å². The Bertz CT molecular complexity index is 108. The molecule has 0 aromatic carbocycles. The standard InChI is InChI=1S/C8H16N2/c1-10-6-2-4-8(9)5-3-7-10/h9H,2-7H2,1H3. The van der Waals surface area contributed by atoms with Crippen LogP contribution in [-0.2, 0) is 0 Å². The zero-order valence-corrected chi connectivity index (χ0v) is 6.69. The van der Waals surface area contributed by atoms with Gasteiger partial charge in [-0.3, -0.25) is 0 Å². The number of hydrogen-bond acceptors (Lipinski definition) is 2. The first kappa shape index (κ1) is 7.73. The fourth-order valence-corrected chi connectivity index (χ4v) is 1.36. The lowest BCUT2D eigenvalue weighted by Crippen LogP contribution is -2.24. The Labute approximate surface area is 62.7 Å². The summed E-state index contributed by atoms with van der Waals surface area (Å²) in [6, 6.07) is 0. The zero-order chi connectivity index (χ0) is 7.40. The molecule has 1 fully saturated rings. The van der Waals surface area contributed by atoms with Crippen LogP contribution in [0.2, 0.25) is 0 Å². The molecule has 0 aromatic heterocycles. The Morgan fingerprint density at radius 2 is 1.70 bits per heavy atom. The molecule has 0 amide bonds. The van der Waals surface area contributed by atoms with E-state index in [1.165, 1.54) is 25.9 Å². The van der Waals surface area contributed by atoms with E-state index in [1.807, 2.05) is 0 Å². The third-order valence-electron chi connectivity index (χ3n) is 2.04. The SMILES string of the molecule is CN1CCCC(=N)CCC1. The van der Waals surface area contributed by atoms with Crippen molar-refractivity contribution in [1.82, 2.24) is 4.90 Å². The van der Waals surface area contributed by atoms with Gasteiger partial charge in [0.15, 0.2) is 0 Å². The second-order valence-corrected chi connectivity index (χ2v) is 3.11. The van der Waals surface area contributed by atoms with E-state index in [0.717, 1.165) is 18.6 Å². The first-order valence-electron chi connectivity index (χ1n) is 4.04. The second kappa shape index (κ2) is 3.71. The molecule has 1 aliphatic heterocycles. The first-order valence-corrected chi connectivity index (χ1v) is 4.04. The molecule has 2 nitrogen and oxygen atoms in total. The number of nitrogens with one attached hydrogen (secondary N) is 1. The molecular weight excluding hydrogens is 124 g/mol. The van der Waals surface area contributed by atoms with Crippen molar-refractivity contribution < 1.29 is 0 Å². The fourth-order valence-electron chi connectivity index (χ4n) is 1.36. The normalized spacial score (nSPS) is 23.9. The highest BCUT2D eigenvalue weighted by Crippen LogP contribution is 2.05. The van der Waals surface area contributed by atoms with Gasteiger partial charge in [0.1, 0.15) is 0 Å². The van der Waals surface area contributed by atoms with Gasteiger partial charge in [0.2, 0.25) is 0 Å². The van der Waals surface area contributed by atoms with Crippen LogP contribution < -0.4 is 0 Å². The summed E-state index contributed by atoms with van der Waals surface area (Å²) < 4.78 is 0. The summed E-state index contributed by atoms with van der Waals surface area (Å²) in [7, 11) is 2.16. The maximum absolute atomic E-state index is 7.47. The maximum Gasteiger partial charge on any atom is 0.00901 e. The molecule has 0 saturated carbocycles. The van der Waals surface area contributed by atoms with Gasteiger partial charge in [-0.1, -0.05) is 0 Å². The largest absolute Gasteiger partial charge is 0.310 e. The topological polar surface area (TPSA) is 27.1 Å². The summed E-state index contributed by atoms with van der Waals surface area (Å²) in [5, 5.41) is 7.47. The Kier molecular flexibility index (Phi) is 2.87. The number of hydrogen-bond donors (Lipinski definition) is 1. The molecular formula is C8H16N2. The van der Waals surface area contributed by atoms with Crippen molar-refractivity contribution in [3.8, 4) is 0 Å². The summed E-state index contributed by atoms with van der Waals surface area (Å²) in [5.74, 6) is 0. The molecule has 58 valence electrons. The summed E-state index contributed by atoms with van der Waals surface area (Å²) in [4.78, 5) is 2.35. The van der Waals surface area contributed by atoms with E-state index in [4.69, 9.17) is 5.41 Å². The summed E-state index contributed by atoms with van der Waals surface area (Å²) in [6.07, 6.45) is 4.39. The van der Waals surface area contributed by atoms with Gasteiger partial charge in [-0.05, 0) is 45.8 Å². The Morgan fingerprint density at radius 1 is 1.20 bits per heavy atom. The molecule has 0 radical (unpaired) electrons. The summed E-state index contributed by atoms with van der Waals surface area (Å²) in [6.45, 7) is 2.34. The van der Waals surface area contributed by atoms with Crippen LogP contribution in [0, 0.1) is 5.41 Å². The van der Waals surface area contributed by atoms with E-state index in [1.54, 1.807) is 0 Å². The van der Waals surface area contributed by atoms with Crippen molar-refractivity contribution in [3.05, 3.63) is 0 Å². The van der Waals surface area contributed by atoms with E-state index in [-0.39, 0.29) is 0 Å². The zero-order valence-electron chi connectivity index (χ0n) is 6.69. The molecule has 1 saturated heterocycles. The van der Waals surface area contributed by atoms with Gasteiger partial charge >= 0.3 is 0 Å². The van der Waals surface area contributed by atoms with Crippen molar-refractivity contribution >= 4 is 5.71 Å². The first-order chi connectivity index (χ1) is 4.79. The predicted molar refractivity (Wildman–Crippen MR) is 43.7 cm³/mol. The highest BCUT2D eigenvalue weighted by molar-refractivity contribution is 5.81. The van der Waals surface area contributed by atoms with Gasteiger partial charge in [0.25, 0.3) is 0 Å². The molecule has 0 bridgehead atoms. The minimum absolute atomic E-state index is 0.952. The Morgan fingerprint density at radius 3 is 2.20 bits per heavy atom. The van der Waals surface area contributed by atoms with Crippen LogP contribution in [0.25, 0.3) is 0 Å². The van der Waals surface area contributed by atoms with Crippen molar-refractivity contribution in [2.45, 2.75) is 25.7 Å². The molecule has 1 aliphatic rings. The number of likely N-dealkylation sites (tertiary alicyclic amines) is 1. The molecule has 1 heterocycles. The quantitative estimate of drug-likeness (QED) is 0.542. The molecule has 0 aliphatic carbocycles. The van der Waals surface area contributed by atoms with Gasteiger partial charge in [-0.25, -0.2) is 0 Å². The minimum atomic E-state index is 0.952. The second-order valence-electron chi connectivity index (χ2n) is 3.11. The van der Waals surface area contributed by atoms with Crippen molar-refractivity contribution in [2.24, 2.45) is 0 Å². The molecule has 0 aromatic rings. The highest BCUT2D eigenvalue weighted by atomic mass is 15.1. The van der Waals surface area contributed by atoms with Gasteiger partial charge in [-0.15, -0.1) is 0 Å². The number of nitrogens with zero attached hydrogens (tertiary/aromatic N) is 1. The van der Waals surface area contributed by atoms with Crippen LogP contribution in [-0.4, -0.2) is 30.7 Å². The minimum Gasteiger partial charge on any atom is -0.310 e. The molecule has 0 atom stereocenters. The average Bonchev–Trinajstić information content (AvgIpc) is 1.84. The predicted octanol–water partition coefficient (Wildman–Crippen LogP) is 1.51. The Balaban J connectivity index is 2.27. The maximum atomic E-state index is 7.47. The van der Waals surface area contributed by atoms with Gasteiger partial charge < -0.3 is 10.3 Å². The third kappa shape index (κ3) is 2.48. The molecule has 1 N–H and O–H groups in total. The molecule has 10 heavy (non-hydrogen) atoms. The van der Waals surface area contributed by atoms with Crippen LogP contribution in [0.5, 0.6) is 0 Å². The highest BCUT2D eigenvalue weighted by Gasteiger charge is 2.05. The number of rotatable bonds is 0. The fraction of sp³-hybridized carbons (Fsp3) is 0.875. The summed E-state index contributed by atoms with van der Waals surface area (Å²) in [5.41, 5.74) is 0.952. The van der Waals surface area contributed by atoms with Gasteiger partial charge in [0, 0.05) is 5.71 Å². The molecule has 2 heteroatoms. The smallest absolute Gasteiger partial charge is 0.00901 e. The average molecular weight is 140 g/mol. The van der Waals surface area contributed by atoms with E-state index in [2.05, 4.69) is 11.9 Å². The lowest BCUT2D eigenvalue weighted by Gasteiger charge is -2.19. The van der Waals surface area contributed by atoms with Crippen molar-refractivity contribution in [2.75, 3.05) is 20.1 Å². The molecule has 1 rings (SSSR count). The van der Waals surface area contributed by atoms with Crippen LogP contribution in [0.3, 0.4) is 0 Å². The lowest BCUT2D eigenvalue weighted by molar-refractivity contribution is 0.322. The van der Waals surface area contributed by atoms with Crippen LogP contribution >= 0.6 is 0 Å². The van der Waals surface area contributed by atoms with Crippen LogP contribution in [0.1, 0.15) is 25.7 Å². The summed E-state index contributed by atoms with van der Waals surface area (Å²) >= 11 is 0.